The fraction of sp³-hybridized carbons (Fsp3) is 0.909. The Morgan fingerprint density at radius 2 is 1.93 bits per heavy atom. The Labute approximate surface area is 91.5 Å². The van der Waals surface area contributed by atoms with E-state index in [-0.39, 0.29) is 12.2 Å². The lowest BCUT2D eigenvalue weighted by molar-refractivity contribution is -0.174. The van der Waals surface area contributed by atoms with Crippen molar-refractivity contribution in [3.05, 3.63) is 0 Å². The van der Waals surface area contributed by atoms with Gasteiger partial charge in [-0.2, -0.15) is 0 Å². The van der Waals surface area contributed by atoms with Gasteiger partial charge in [0.15, 0.2) is 6.29 Å². The molecule has 0 bridgehead atoms. The molecule has 0 aromatic carbocycles. The summed E-state index contributed by atoms with van der Waals surface area (Å²) in [6.45, 7) is 7.86. The molecule has 0 aromatic heterocycles. The van der Waals surface area contributed by atoms with Gasteiger partial charge in [-0.05, 0) is 33.6 Å². The molecule has 1 aliphatic rings. The van der Waals surface area contributed by atoms with E-state index in [4.69, 9.17) is 9.47 Å². The smallest absolute Gasteiger partial charge is 0.251 e. The van der Waals surface area contributed by atoms with Gasteiger partial charge in [0, 0.05) is 19.7 Å². The van der Waals surface area contributed by atoms with Crippen LogP contribution in [-0.4, -0.2) is 42.9 Å². The van der Waals surface area contributed by atoms with Crippen LogP contribution in [0.1, 0.15) is 33.6 Å². The second kappa shape index (κ2) is 6.08. The number of carbonyl (C=O) groups is 1. The summed E-state index contributed by atoms with van der Waals surface area (Å²) in [6, 6.07) is 0. The van der Waals surface area contributed by atoms with Gasteiger partial charge in [0.05, 0.1) is 0 Å². The Morgan fingerprint density at radius 1 is 1.33 bits per heavy atom. The summed E-state index contributed by atoms with van der Waals surface area (Å²) in [5.41, 5.74) is 0. The number of ether oxygens (including phenoxy) is 2. The van der Waals surface area contributed by atoms with Crippen molar-refractivity contribution in [1.29, 1.82) is 0 Å². The average molecular weight is 215 g/mol. The molecule has 0 N–H and O–H groups in total. The molecule has 1 unspecified atom stereocenters. The monoisotopic (exact) mass is 215 g/mol. The van der Waals surface area contributed by atoms with Crippen molar-refractivity contribution in [2.24, 2.45) is 0 Å². The fourth-order valence-electron chi connectivity index (χ4n) is 1.81. The van der Waals surface area contributed by atoms with Crippen LogP contribution in [0.5, 0.6) is 0 Å². The van der Waals surface area contributed by atoms with Crippen LogP contribution >= 0.6 is 0 Å². The highest BCUT2D eigenvalue weighted by Crippen LogP contribution is 2.11. The van der Waals surface area contributed by atoms with E-state index in [1.54, 1.807) is 6.92 Å². The van der Waals surface area contributed by atoms with Crippen molar-refractivity contribution >= 4 is 5.91 Å². The number of hydrogen-bond donors (Lipinski definition) is 0. The van der Waals surface area contributed by atoms with Crippen LogP contribution in [0.3, 0.4) is 0 Å². The molecule has 1 amide bonds. The van der Waals surface area contributed by atoms with E-state index in [1.165, 1.54) is 0 Å². The molecular weight excluding hydrogens is 194 g/mol. The summed E-state index contributed by atoms with van der Waals surface area (Å²) < 4.78 is 10.7. The Balaban J connectivity index is 2.31. The van der Waals surface area contributed by atoms with E-state index in [1.807, 2.05) is 18.7 Å². The molecule has 1 aliphatic heterocycles. The molecule has 1 saturated heterocycles. The highest BCUT2D eigenvalue weighted by Gasteiger charge is 2.24. The summed E-state index contributed by atoms with van der Waals surface area (Å²) >= 11 is 0. The molecule has 0 aromatic rings. The summed E-state index contributed by atoms with van der Waals surface area (Å²) in [5.74, 6) is 0.0825. The largest absolute Gasteiger partial charge is 0.353 e. The van der Waals surface area contributed by atoms with Crippen molar-refractivity contribution in [2.75, 3.05) is 19.7 Å². The fourth-order valence-corrected chi connectivity index (χ4v) is 1.81. The predicted molar refractivity (Wildman–Crippen MR) is 57.4 cm³/mol. The molecular formula is C11H21NO3. The topological polar surface area (TPSA) is 38.8 Å². The molecule has 1 rings (SSSR count). The lowest BCUT2D eigenvalue weighted by atomic mass is 10.3. The van der Waals surface area contributed by atoms with Crippen molar-refractivity contribution in [3.8, 4) is 0 Å². The van der Waals surface area contributed by atoms with Crippen LogP contribution in [0.25, 0.3) is 0 Å². The minimum Gasteiger partial charge on any atom is -0.353 e. The lowest BCUT2D eigenvalue weighted by Crippen LogP contribution is -2.38. The molecule has 0 spiro atoms. The van der Waals surface area contributed by atoms with E-state index >= 15 is 0 Å². The van der Waals surface area contributed by atoms with Gasteiger partial charge in [0.25, 0.3) is 5.91 Å². The van der Waals surface area contributed by atoms with E-state index in [0.717, 1.165) is 25.9 Å². The summed E-state index contributed by atoms with van der Waals surface area (Å²) in [5, 5.41) is 0. The molecule has 1 heterocycles. The first kappa shape index (κ1) is 12.5. The Hall–Kier alpha value is -0.610. The van der Waals surface area contributed by atoms with Crippen LogP contribution in [0.15, 0.2) is 0 Å². The maximum absolute atomic E-state index is 11.8. The van der Waals surface area contributed by atoms with Gasteiger partial charge in [-0.15, -0.1) is 0 Å². The number of nitrogens with zero attached hydrogens (tertiary/aromatic N) is 1. The number of amides is 1. The molecule has 88 valence electrons. The van der Waals surface area contributed by atoms with Crippen LogP contribution in [0, 0.1) is 0 Å². The summed E-state index contributed by atoms with van der Waals surface area (Å²) in [4.78, 5) is 13.7. The molecule has 1 fully saturated rings. The zero-order valence-corrected chi connectivity index (χ0v) is 9.86. The third-order valence-corrected chi connectivity index (χ3v) is 2.56. The second-order valence-electron chi connectivity index (χ2n) is 3.83. The van der Waals surface area contributed by atoms with Crippen molar-refractivity contribution in [3.63, 3.8) is 0 Å². The number of rotatable bonds is 5. The summed E-state index contributed by atoms with van der Waals surface area (Å²) in [6.07, 6.45) is 1.51. The zero-order chi connectivity index (χ0) is 11.3. The Bertz CT molecular complexity index is 202. The molecule has 15 heavy (non-hydrogen) atoms. The Kier molecular flexibility index (Phi) is 5.05. The van der Waals surface area contributed by atoms with Crippen LogP contribution in [0.2, 0.25) is 0 Å². The minimum atomic E-state index is -0.398. The predicted octanol–water partition coefficient (Wildman–Crippen LogP) is 1.40. The van der Waals surface area contributed by atoms with Crippen LogP contribution in [-0.2, 0) is 14.3 Å². The third kappa shape index (κ3) is 3.80. The van der Waals surface area contributed by atoms with Gasteiger partial charge in [0.2, 0.25) is 0 Å². The van der Waals surface area contributed by atoms with Crippen LogP contribution in [0.4, 0.5) is 0 Å². The van der Waals surface area contributed by atoms with Crippen LogP contribution < -0.4 is 0 Å². The minimum absolute atomic E-state index is 0.0825. The standard InChI is InChI=1S/C11H21NO3/c1-4-14-10(3)15-9(2)11(13)12-7-5-6-8-12/h9-10H,4-8H2,1-3H3/t9-,10?/m0/s1. The van der Waals surface area contributed by atoms with E-state index in [9.17, 15) is 4.79 Å². The third-order valence-electron chi connectivity index (χ3n) is 2.56. The van der Waals surface area contributed by atoms with E-state index in [0.29, 0.717) is 6.61 Å². The van der Waals surface area contributed by atoms with Crippen molar-refractivity contribution in [1.82, 2.24) is 4.90 Å². The first-order chi connectivity index (χ1) is 7.15. The molecule has 0 aliphatic carbocycles. The molecule has 0 radical (unpaired) electrons. The van der Waals surface area contributed by atoms with E-state index in [2.05, 4.69) is 0 Å². The normalized spacial score (nSPS) is 20.3. The molecule has 4 heteroatoms. The van der Waals surface area contributed by atoms with Gasteiger partial charge in [-0.3, -0.25) is 4.79 Å². The summed E-state index contributed by atoms with van der Waals surface area (Å²) in [7, 11) is 0. The first-order valence-corrected chi connectivity index (χ1v) is 5.71. The van der Waals surface area contributed by atoms with Gasteiger partial charge < -0.3 is 14.4 Å². The number of likely N-dealkylation sites (tertiary alicyclic amines) is 1. The highest BCUT2D eigenvalue weighted by molar-refractivity contribution is 5.80. The SMILES string of the molecule is CCOC(C)O[C@@H](C)C(=O)N1CCCC1. The Morgan fingerprint density at radius 3 is 2.47 bits per heavy atom. The highest BCUT2D eigenvalue weighted by atomic mass is 16.7. The van der Waals surface area contributed by atoms with Crippen molar-refractivity contribution in [2.45, 2.75) is 46.0 Å². The lowest BCUT2D eigenvalue weighted by Gasteiger charge is -2.23. The first-order valence-electron chi connectivity index (χ1n) is 5.71. The van der Waals surface area contributed by atoms with Gasteiger partial charge in [0.1, 0.15) is 6.10 Å². The molecule has 2 atom stereocenters. The second-order valence-corrected chi connectivity index (χ2v) is 3.83. The molecule has 4 nitrogen and oxygen atoms in total. The average Bonchev–Trinajstić information content (AvgIpc) is 2.69. The maximum atomic E-state index is 11.8. The van der Waals surface area contributed by atoms with Crippen molar-refractivity contribution < 1.29 is 14.3 Å². The number of carbonyl (C=O) groups excluding carboxylic acids is 1. The van der Waals surface area contributed by atoms with Gasteiger partial charge in [-0.25, -0.2) is 0 Å². The van der Waals surface area contributed by atoms with Gasteiger partial charge >= 0.3 is 0 Å². The zero-order valence-electron chi connectivity index (χ0n) is 9.86. The van der Waals surface area contributed by atoms with Gasteiger partial charge in [-0.1, -0.05) is 0 Å². The quantitative estimate of drug-likeness (QED) is 0.651. The number of hydrogen-bond acceptors (Lipinski definition) is 3. The maximum Gasteiger partial charge on any atom is 0.251 e. The van der Waals surface area contributed by atoms with E-state index < -0.39 is 6.10 Å². The molecule has 0 saturated carbocycles.